The number of aromatic nitrogens is 1. The third-order valence-electron chi connectivity index (χ3n) is 3.66. The first-order valence-corrected chi connectivity index (χ1v) is 6.36. The van der Waals surface area contributed by atoms with E-state index in [2.05, 4.69) is 38.3 Å². The highest BCUT2D eigenvalue weighted by molar-refractivity contribution is 5.30. The van der Waals surface area contributed by atoms with Crippen LogP contribution >= 0.6 is 0 Å². The van der Waals surface area contributed by atoms with Crippen LogP contribution in [0.15, 0.2) is 6.07 Å². The lowest BCUT2D eigenvalue weighted by Crippen LogP contribution is -2.24. The number of hydrogen-bond donors (Lipinski definition) is 1. The zero-order valence-corrected chi connectivity index (χ0v) is 11.0. The molecule has 0 radical (unpaired) electrons. The van der Waals surface area contributed by atoms with Crippen molar-refractivity contribution in [1.29, 1.82) is 0 Å². The van der Waals surface area contributed by atoms with Gasteiger partial charge in [-0.25, -0.2) is 0 Å². The summed E-state index contributed by atoms with van der Waals surface area (Å²) < 4.78 is 2.44. The van der Waals surface area contributed by atoms with Crippen LogP contribution < -0.4 is 5.73 Å². The average molecular weight is 220 g/mol. The second-order valence-corrected chi connectivity index (χ2v) is 5.94. The van der Waals surface area contributed by atoms with Crippen molar-refractivity contribution in [3.05, 3.63) is 23.0 Å². The lowest BCUT2D eigenvalue weighted by molar-refractivity contribution is 0.507. The number of nitrogens with zero attached hydrogens (tertiary/aromatic N) is 1. The van der Waals surface area contributed by atoms with Crippen LogP contribution in [0.3, 0.4) is 0 Å². The fraction of sp³-hybridized carbons (Fsp3) is 0.714. The largest absolute Gasteiger partial charge is 0.349 e. The number of hydrogen-bond acceptors (Lipinski definition) is 1. The fourth-order valence-corrected chi connectivity index (χ4v) is 2.41. The molecule has 0 spiro atoms. The van der Waals surface area contributed by atoms with Crippen molar-refractivity contribution in [3.63, 3.8) is 0 Å². The second-order valence-electron chi connectivity index (χ2n) is 5.94. The summed E-state index contributed by atoms with van der Waals surface area (Å²) in [6.07, 6.45) is 3.45. The predicted octanol–water partition coefficient (Wildman–Crippen LogP) is 2.79. The molecule has 0 unspecified atom stereocenters. The molecule has 90 valence electrons. The van der Waals surface area contributed by atoms with Gasteiger partial charge in [-0.15, -0.1) is 0 Å². The van der Waals surface area contributed by atoms with Gasteiger partial charge in [0.05, 0.1) is 0 Å². The molecular formula is C14H24N2. The molecule has 2 N–H and O–H groups in total. The average Bonchev–Trinajstić information content (AvgIpc) is 2.84. The van der Waals surface area contributed by atoms with Gasteiger partial charge in [-0.05, 0) is 50.7 Å². The molecule has 1 fully saturated rings. The van der Waals surface area contributed by atoms with Gasteiger partial charge in [0.15, 0.2) is 0 Å². The van der Waals surface area contributed by atoms with Crippen LogP contribution in [0.4, 0.5) is 0 Å². The Hall–Kier alpha value is -0.760. The lowest BCUT2D eigenvalue weighted by Gasteiger charge is -2.13. The molecule has 1 aromatic rings. The Labute approximate surface area is 98.8 Å². The molecule has 1 aliphatic rings. The van der Waals surface area contributed by atoms with Gasteiger partial charge in [0, 0.05) is 23.5 Å². The fourth-order valence-electron chi connectivity index (χ4n) is 2.41. The van der Waals surface area contributed by atoms with Gasteiger partial charge in [-0.1, -0.05) is 13.8 Å². The molecule has 2 nitrogen and oxygen atoms in total. The number of nitrogens with two attached hydrogens (primary N) is 1. The molecule has 0 saturated heterocycles. The van der Waals surface area contributed by atoms with E-state index in [1.807, 2.05) is 0 Å². The van der Waals surface area contributed by atoms with E-state index in [0.717, 1.165) is 13.0 Å². The Bertz CT molecular complexity index is 384. The third-order valence-corrected chi connectivity index (χ3v) is 3.66. The van der Waals surface area contributed by atoms with Gasteiger partial charge in [0.25, 0.3) is 0 Å². The Balaban J connectivity index is 2.20. The smallest absolute Gasteiger partial charge is 0.0247 e. The van der Waals surface area contributed by atoms with Gasteiger partial charge in [-0.3, -0.25) is 0 Å². The van der Waals surface area contributed by atoms with Crippen molar-refractivity contribution < 1.29 is 0 Å². The van der Waals surface area contributed by atoms with Gasteiger partial charge < -0.3 is 10.3 Å². The van der Waals surface area contributed by atoms with Crippen LogP contribution in [0.1, 0.15) is 43.6 Å². The summed E-state index contributed by atoms with van der Waals surface area (Å²) in [5, 5.41) is 0. The molecule has 2 rings (SSSR count). The number of aryl methyl sites for hydroxylation is 1. The van der Waals surface area contributed by atoms with Crippen molar-refractivity contribution in [2.24, 2.45) is 11.7 Å². The molecule has 0 amide bonds. The maximum Gasteiger partial charge on any atom is 0.0247 e. The van der Waals surface area contributed by atoms with Crippen LogP contribution in [0.5, 0.6) is 0 Å². The van der Waals surface area contributed by atoms with Crippen LogP contribution in [0.2, 0.25) is 0 Å². The minimum absolute atomic E-state index is 0.126. The second kappa shape index (κ2) is 3.92. The Morgan fingerprint density at radius 2 is 2.00 bits per heavy atom. The van der Waals surface area contributed by atoms with E-state index in [1.165, 1.54) is 29.8 Å². The highest BCUT2D eigenvalue weighted by Gasteiger charge is 2.38. The Kier molecular flexibility index (Phi) is 2.87. The predicted molar refractivity (Wildman–Crippen MR) is 68.6 cm³/mol. The first-order chi connectivity index (χ1) is 7.41. The highest BCUT2D eigenvalue weighted by atomic mass is 15.0. The quantitative estimate of drug-likeness (QED) is 0.831. The van der Waals surface area contributed by atoms with E-state index < -0.39 is 0 Å². The molecule has 2 heteroatoms. The SMILES string of the molecule is Cc1cc(CC2(N)CC2)c(C)n1CC(C)C. The molecule has 0 aliphatic heterocycles. The summed E-state index contributed by atoms with van der Waals surface area (Å²) in [5.74, 6) is 0.699. The van der Waals surface area contributed by atoms with E-state index in [0.29, 0.717) is 5.92 Å². The van der Waals surface area contributed by atoms with Crippen molar-refractivity contribution in [3.8, 4) is 0 Å². The van der Waals surface area contributed by atoms with Gasteiger partial charge in [0.2, 0.25) is 0 Å². The van der Waals surface area contributed by atoms with Crippen molar-refractivity contribution in [1.82, 2.24) is 4.57 Å². The minimum Gasteiger partial charge on any atom is -0.349 e. The van der Waals surface area contributed by atoms with E-state index in [4.69, 9.17) is 5.73 Å². The molecule has 0 aromatic carbocycles. The van der Waals surface area contributed by atoms with Crippen molar-refractivity contribution >= 4 is 0 Å². The monoisotopic (exact) mass is 220 g/mol. The molecule has 1 heterocycles. The topological polar surface area (TPSA) is 30.9 Å². The van der Waals surface area contributed by atoms with Crippen LogP contribution in [-0.4, -0.2) is 10.1 Å². The molecular weight excluding hydrogens is 196 g/mol. The summed E-state index contributed by atoms with van der Waals surface area (Å²) in [6, 6.07) is 2.32. The summed E-state index contributed by atoms with van der Waals surface area (Å²) in [4.78, 5) is 0. The zero-order valence-electron chi connectivity index (χ0n) is 11.0. The Morgan fingerprint density at radius 3 is 2.50 bits per heavy atom. The molecule has 0 bridgehead atoms. The maximum atomic E-state index is 6.20. The van der Waals surface area contributed by atoms with Crippen molar-refractivity contribution in [2.75, 3.05) is 0 Å². The van der Waals surface area contributed by atoms with E-state index in [1.54, 1.807) is 0 Å². The van der Waals surface area contributed by atoms with E-state index >= 15 is 0 Å². The molecule has 0 atom stereocenters. The van der Waals surface area contributed by atoms with Crippen LogP contribution in [-0.2, 0) is 13.0 Å². The first-order valence-electron chi connectivity index (χ1n) is 6.36. The highest BCUT2D eigenvalue weighted by Crippen LogP contribution is 2.36. The van der Waals surface area contributed by atoms with E-state index in [-0.39, 0.29) is 5.54 Å². The van der Waals surface area contributed by atoms with Gasteiger partial charge in [0.1, 0.15) is 0 Å². The van der Waals surface area contributed by atoms with E-state index in [9.17, 15) is 0 Å². The molecule has 16 heavy (non-hydrogen) atoms. The molecule has 1 aliphatic carbocycles. The Morgan fingerprint density at radius 1 is 1.38 bits per heavy atom. The summed E-state index contributed by atoms with van der Waals surface area (Å²) >= 11 is 0. The number of rotatable bonds is 4. The van der Waals surface area contributed by atoms with Crippen molar-refractivity contribution in [2.45, 2.75) is 59.0 Å². The maximum absolute atomic E-state index is 6.20. The minimum atomic E-state index is 0.126. The summed E-state index contributed by atoms with van der Waals surface area (Å²) in [5.41, 5.74) is 10.6. The van der Waals surface area contributed by atoms with Crippen LogP contribution in [0, 0.1) is 19.8 Å². The standard InChI is InChI=1S/C14H24N2/c1-10(2)9-16-11(3)7-13(12(16)4)8-14(15)5-6-14/h7,10H,5-6,8-9,15H2,1-4H3. The molecule has 1 aromatic heterocycles. The normalized spacial score (nSPS) is 18.1. The third kappa shape index (κ3) is 2.32. The summed E-state index contributed by atoms with van der Waals surface area (Å²) in [6.45, 7) is 10.1. The van der Waals surface area contributed by atoms with Gasteiger partial charge >= 0.3 is 0 Å². The first kappa shape index (κ1) is 11.7. The summed E-state index contributed by atoms with van der Waals surface area (Å²) in [7, 11) is 0. The lowest BCUT2D eigenvalue weighted by atomic mass is 10.1. The zero-order chi connectivity index (χ0) is 11.9. The molecule has 1 saturated carbocycles. The van der Waals surface area contributed by atoms with Gasteiger partial charge in [-0.2, -0.15) is 0 Å². The van der Waals surface area contributed by atoms with Crippen LogP contribution in [0.25, 0.3) is 0 Å².